The Bertz CT molecular complexity index is 1030. The van der Waals surface area contributed by atoms with Crippen LogP contribution in [0.4, 0.5) is 14.5 Å². The van der Waals surface area contributed by atoms with E-state index in [2.05, 4.69) is 5.32 Å². The van der Waals surface area contributed by atoms with E-state index in [-0.39, 0.29) is 18.3 Å². The van der Waals surface area contributed by atoms with Crippen LogP contribution in [-0.4, -0.2) is 18.3 Å². The molecule has 0 radical (unpaired) electrons. The van der Waals surface area contributed by atoms with Gasteiger partial charge >= 0.3 is 0 Å². The van der Waals surface area contributed by atoms with E-state index in [0.29, 0.717) is 22.6 Å². The van der Waals surface area contributed by atoms with Crippen LogP contribution in [0.1, 0.15) is 15.9 Å². The Balaban J connectivity index is 1.53. The highest BCUT2D eigenvalue weighted by Gasteiger charge is 2.06. The van der Waals surface area contributed by atoms with Crippen molar-refractivity contribution in [2.24, 2.45) is 0 Å². The van der Waals surface area contributed by atoms with Gasteiger partial charge in [0.1, 0.15) is 5.75 Å². The first-order valence-electron chi connectivity index (χ1n) is 8.76. The van der Waals surface area contributed by atoms with Crippen LogP contribution in [0.25, 0.3) is 6.08 Å². The quantitative estimate of drug-likeness (QED) is 0.460. The average molecular weight is 393 g/mol. The maximum atomic E-state index is 13.2. The largest absolute Gasteiger partial charge is 0.484 e. The van der Waals surface area contributed by atoms with Crippen molar-refractivity contribution in [2.75, 3.05) is 11.9 Å². The van der Waals surface area contributed by atoms with Gasteiger partial charge in [-0.15, -0.1) is 0 Å². The zero-order valence-corrected chi connectivity index (χ0v) is 15.3. The van der Waals surface area contributed by atoms with Crippen molar-refractivity contribution in [1.82, 2.24) is 0 Å². The third-order valence-corrected chi connectivity index (χ3v) is 3.94. The molecule has 3 aromatic rings. The lowest BCUT2D eigenvalue weighted by molar-refractivity contribution is -0.118. The summed E-state index contributed by atoms with van der Waals surface area (Å²) in [7, 11) is 0. The second-order valence-electron chi connectivity index (χ2n) is 6.10. The summed E-state index contributed by atoms with van der Waals surface area (Å²) in [6, 6.07) is 18.7. The van der Waals surface area contributed by atoms with E-state index < -0.39 is 11.6 Å². The Morgan fingerprint density at radius 1 is 0.897 bits per heavy atom. The number of nitrogens with one attached hydrogen (secondary N) is 1. The number of allylic oxidation sites excluding steroid dienone is 1. The normalized spacial score (nSPS) is 10.7. The predicted molar refractivity (Wildman–Crippen MR) is 107 cm³/mol. The van der Waals surface area contributed by atoms with Crippen LogP contribution >= 0.6 is 0 Å². The van der Waals surface area contributed by atoms with Gasteiger partial charge in [0.15, 0.2) is 24.0 Å². The molecular formula is C23H17F2NO3. The van der Waals surface area contributed by atoms with E-state index in [9.17, 15) is 18.4 Å². The number of ketones is 1. The van der Waals surface area contributed by atoms with Gasteiger partial charge in [-0.1, -0.05) is 30.3 Å². The summed E-state index contributed by atoms with van der Waals surface area (Å²) in [5.41, 5.74) is 1.45. The molecule has 1 N–H and O–H groups in total. The second-order valence-corrected chi connectivity index (χ2v) is 6.10. The number of anilines is 1. The summed E-state index contributed by atoms with van der Waals surface area (Å²) in [4.78, 5) is 24.1. The first-order valence-corrected chi connectivity index (χ1v) is 8.76. The summed E-state index contributed by atoms with van der Waals surface area (Å²) in [6.07, 6.45) is 2.68. The third-order valence-electron chi connectivity index (χ3n) is 3.94. The molecule has 3 aromatic carbocycles. The number of carbonyl (C=O) groups excluding carboxylic acids is 2. The summed E-state index contributed by atoms with van der Waals surface area (Å²) >= 11 is 0. The minimum atomic E-state index is -0.975. The molecule has 0 bridgehead atoms. The van der Waals surface area contributed by atoms with E-state index >= 15 is 0 Å². The molecular weight excluding hydrogens is 376 g/mol. The molecule has 29 heavy (non-hydrogen) atoms. The Labute approximate surface area is 166 Å². The van der Waals surface area contributed by atoms with Crippen molar-refractivity contribution in [2.45, 2.75) is 0 Å². The summed E-state index contributed by atoms with van der Waals surface area (Å²) in [5.74, 6) is -2.08. The lowest BCUT2D eigenvalue weighted by atomic mass is 10.1. The first kappa shape index (κ1) is 19.9. The number of benzene rings is 3. The minimum Gasteiger partial charge on any atom is -0.484 e. The first-order chi connectivity index (χ1) is 14.0. The SMILES string of the molecule is O=C(COc1ccc(C(=O)/C=C/c2ccc(F)c(F)c2)cc1)Nc1ccccc1. The van der Waals surface area contributed by atoms with Crippen LogP contribution in [0.2, 0.25) is 0 Å². The molecule has 6 heteroatoms. The summed E-state index contributed by atoms with van der Waals surface area (Å²) in [6.45, 7) is -0.168. The van der Waals surface area contributed by atoms with Crippen LogP contribution in [0.3, 0.4) is 0 Å². The van der Waals surface area contributed by atoms with Gasteiger partial charge in [0, 0.05) is 11.3 Å². The van der Waals surface area contributed by atoms with Gasteiger partial charge in [-0.2, -0.15) is 0 Å². The number of para-hydroxylation sites is 1. The van der Waals surface area contributed by atoms with Gasteiger partial charge in [-0.05, 0) is 60.2 Å². The van der Waals surface area contributed by atoms with Crippen LogP contribution in [0.5, 0.6) is 5.75 Å². The van der Waals surface area contributed by atoms with Crippen LogP contribution in [-0.2, 0) is 4.79 Å². The molecule has 3 rings (SSSR count). The van der Waals surface area contributed by atoms with Crippen molar-refractivity contribution in [1.29, 1.82) is 0 Å². The molecule has 0 heterocycles. The average Bonchev–Trinajstić information content (AvgIpc) is 2.74. The van der Waals surface area contributed by atoms with E-state index in [0.717, 1.165) is 12.1 Å². The minimum absolute atomic E-state index is 0.168. The summed E-state index contributed by atoms with van der Waals surface area (Å²) in [5, 5.41) is 2.70. The van der Waals surface area contributed by atoms with Crippen molar-refractivity contribution >= 4 is 23.5 Å². The third kappa shape index (κ3) is 5.84. The standard InChI is InChI=1S/C23H17F2NO3/c24-20-12-6-16(14-21(20)25)7-13-22(27)17-8-10-19(11-9-17)29-15-23(28)26-18-4-2-1-3-5-18/h1-14H,15H2,(H,26,28)/b13-7+. The van der Waals surface area contributed by atoms with Gasteiger partial charge in [-0.25, -0.2) is 8.78 Å². The second kappa shape index (κ2) is 9.41. The molecule has 0 aliphatic rings. The van der Waals surface area contributed by atoms with E-state index in [1.807, 2.05) is 18.2 Å². The molecule has 0 fully saturated rings. The molecule has 0 aliphatic carbocycles. The Morgan fingerprint density at radius 2 is 1.62 bits per heavy atom. The molecule has 0 aromatic heterocycles. The highest BCUT2D eigenvalue weighted by Crippen LogP contribution is 2.15. The number of amides is 1. The fourth-order valence-electron chi connectivity index (χ4n) is 2.47. The topological polar surface area (TPSA) is 55.4 Å². The van der Waals surface area contributed by atoms with Crippen molar-refractivity contribution in [3.8, 4) is 5.75 Å². The lowest BCUT2D eigenvalue weighted by Crippen LogP contribution is -2.20. The number of rotatable bonds is 7. The highest BCUT2D eigenvalue weighted by atomic mass is 19.2. The molecule has 0 saturated heterocycles. The van der Waals surface area contributed by atoms with Gasteiger partial charge in [0.2, 0.25) is 0 Å². The maximum Gasteiger partial charge on any atom is 0.262 e. The molecule has 0 unspecified atom stereocenters. The van der Waals surface area contributed by atoms with E-state index in [1.165, 1.54) is 18.2 Å². The molecule has 0 saturated carbocycles. The van der Waals surface area contributed by atoms with Crippen LogP contribution in [0, 0.1) is 11.6 Å². The van der Waals surface area contributed by atoms with E-state index in [4.69, 9.17) is 4.74 Å². The van der Waals surface area contributed by atoms with Crippen molar-refractivity contribution in [3.63, 3.8) is 0 Å². The van der Waals surface area contributed by atoms with E-state index in [1.54, 1.807) is 36.4 Å². The molecule has 0 spiro atoms. The molecule has 4 nitrogen and oxygen atoms in total. The number of hydrogen-bond donors (Lipinski definition) is 1. The van der Waals surface area contributed by atoms with Crippen LogP contribution in [0.15, 0.2) is 78.9 Å². The smallest absolute Gasteiger partial charge is 0.262 e. The zero-order valence-electron chi connectivity index (χ0n) is 15.3. The van der Waals surface area contributed by atoms with Gasteiger partial charge < -0.3 is 10.1 Å². The van der Waals surface area contributed by atoms with Gasteiger partial charge in [-0.3, -0.25) is 9.59 Å². The fourth-order valence-corrected chi connectivity index (χ4v) is 2.47. The zero-order chi connectivity index (χ0) is 20.6. The Hall–Kier alpha value is -3.80. The Morgan fingerprint density at radius 3 is 2.31 bits per heavy atom. The van der Waals surface area contributed by atoms with Crippen molar-refractivity contribution < 1.29 is 23.1 Å². The number of ether oxygens (including phenoxy) is 1. The summed E-state index contributed by atoms with van der Waals surface area (Å²) < 4.78 is 31.5. The maximum absolute atomic E-state index is 13.2. The van der Waals surface area contributed by atoms with Crippen LogP contribution < -0.4 is 10.1 Å². The van der Waals surface area contributed by atoms with Crippen molar-refractivity contribution in [3.05, 3.63) is 102 Å². The lowest BCUT2D eigenvalue weighted by Gasteiger charge is -2.07. The molecule has 0 aliphatic heterocycles. The highest BCUT2D eigenvalue weighted by molar-refractivity contribution is 6.06. The number of carbonyl (C=O) groups is 2. The monoisotopic (exact) mass is 393 g/mol. The molecule has 0 atom stereocenters. The fraction of sp³-hybridized carbons (Fsp3) is 0.0435. The van der Waals surface area contributed by atoms with Gasteiger partial charge in [0.25, 0.3) is 5.91 Å². The van der Waals surface area contributed by atoms with Gasteiger partial charge in [0.05, 0.1) is 0 Å². The molecule has 146 valence electrons. The Kier molecular flexibility index (Phi) is 6.47. The molecule has 1 amide bonds. The predicted octanol–water partition coefficient (Wildman–Crippen LogP) is 4.88. The number of hydrogen-bond acceptors (Lipinski definition) is 3. The number of halogens is 2.